The normalized spacial score (nSPS) is 12.4. The van der Waals surface area contributed by atoms with Crippen LogP contribution in [0.2, 0.25) is 0 Å². The molecule has 118 valence electrons. The second-order valence-corrected chi connectivity index (χ2v) is 5.65. The molecule has 0 heterocycles. The highest BCUT2D eigenvalue weighted by molar-refractivity contribution is 5.82. The van der Waals surface area contributed by atoms with Gasteiger partial charge in [-0.2, -0.15) is 0 Å². The summed E-state index contributed by atoms with van der Waals surface area (Å²) in [5, 5.41) is 9.26. The van der Waals surface area contributed by atoms with E-state index >= 15 is 0 Å². The van der Waals surface area contributed by atoms with Crippen molar-refractivity contribution in [1.29, 1.82) is 0 Å². The van der Waals surface area contributed by atoms with E-state index in [0.29, 0.717) is 32.0 Å². The smallest absolute Gasteiger partial charge is 0.239 e. The number of phenolic OH excluding ortho intramolecular Hbond substituents is 1. The van der Waals surface area contributed by atoms with Crippen molar-refractivity contribution in [2.24, 2.45) is 11.7 Å². The van der Waals surface area contributed by atoms with Gasteiger partial charge in [-0.1, -0.05) is 26.0 Å². The molecule has 5 heteroatoms. The lowest BCUT2D eigenvalue weighted by Gasteiger charge is -2.27. The van der Waals surface area contributed by atoms with E-state index in [9.17, 15) is 9.90 Å². The molecule has 5 nitrogen and oxygen atoms in total. The molecular formula is C16H26N2O3. The van der Waals surface area contributed by atoms with Crippen molar-refractivity contribution in [2.45, 2.75) is 26.3 Å². The summed E-state index contributed by atoms with van der Waals surface area (Å²) in [6, 6.07) is 6.19. The van der Waals surface area contributed by atoms with Gasteiger partial charge in [0.05, 0.1) is 12.6 Å². The minimum absolute atomic E-state index is 0.0613. The molecular weight excluding hydrogens is 268 g/mol. The van der Waals surface area contributed by atoms with Crippen LogP contribution in [0.1, 0.15) is 19.4 Å². The Morgan fingerprint density at radius 1 is 1.33 bits per heavy atom. The van der Waals surface area contributed by atoms with E-state index in [1.807, 2.05) is 0 Å². The molecule has 0 aromatic heterocycles. The number of aromatic hydroxyl groups is 1. The fourth-order valence-electron chi connectivity index (χ4n) is 2.14. The van der Waals surface area contributed by atoms with Crippen LogP contribution in [0.25, 0.3) is 0 Å². The summed E-state index contributed by atoms with van der Waals surface area (Å²) < 4.78 is 5.05. The number of amides is 1. The summed E-state index contributed by atoms with van der Waals surface area (Å²) in [6.45, 7) is 5.86. The van der Waals surface area contributed by atoms with Crippen LogP contribution >= 0.6 is 0 Å². The Labute approximate surface area is 126 Å². The molecule has 1 aromatic carbocycles. The highest BCUT2D eigenvalue weighted by Crippen LogP contribution is 2.12. The molecule has 1 atom stereocenters. The van der Waals surface area contributed by atoms with Crippen molar-refractivity contribution in [1.82, 2.24) is 4.90 Å². The topological polar surface area (TPSA) is 75.8 Å². The Kier molecular flexibility index (Phi) is 7.19. The van der Waals surface area contributed by atoms with Gasteiger partial charge >= 0.3 is 0 Å². The standard InChI is InChI=1S/C16H26N2O3/c1-12(2)11-18(8-9-21-3)16(20)15(17)10-13-4-6-14(19)7-5-13/h4-7,12,15,19H,8-11,17H2,1-3H3. The van der Waals surface area contributed by atoms with Crippen LogP contribution < -0.4 is 5.73 Å². The number of rotatable bonds is 8. The number of hydrogen-bond acceptors (Lipinski definition) is 4. The highest BCUT2D eigenvalue weighted by Gasteiger charge is 2.21. The minimum atomic E-state index is -0.579. The monoisotopic (exact) mass is 294 g/mol. The van der Waals surface area contributed by atoms with E-state index < -0.39 is 6.04 Å². The molecule has 0 fully saturated rings. The van der Waals surface area contributed by atoms with Gasteiger partial charge in [0.1, 0.15) is 5.75 Å². The molecule has 0 aliphatic carbocycles. The van der Waals surface area contributed by atoms with E-state index in [1.165, 1.54) is 0 Å². The van der Waals surface area contributed by atoms with Crippen molar-refractivity contribution in [2.75, 3.05) is 26.8 Å². The molecule has 3 N–H and O–H groups in total. The van der Waals surface area contributed by atoms with Crippen molar-refractivity contribution in [3.05, 3.63) is 29.8 Å². The third-order valence-corrected chi connectivity index (χ3v) is 3.17. The Morgan fingerprint density at radius 2 is 1.95 bits per heavy atom. The molecule has 1 unspecified atom stereocenters. The number of benzene rings is 1. The average Bonchev–Trinajstić information content (AvgIpc) is 2.44. The Balaban J connectivity index is 2.65. The molecule has 0 spiro atoms. The summed E-state index contributed by atoms with van der Waals surface area (Å²) in [5.41, 5.74) is 6.98. The van der Waals surface area contributed by atoms with E-state index in [2.05, 4.69) is 13.8 Å². The molecule has 0 aliphatic rings. The molecule has 1 amide bonds. The molecule has 0 bridgehead atoms. The number of carbonyl (C=O) groups excluding carboxylic acids is 1. The van der Waals surface area contributed by atoms with Gasteiger partial charge in [0.2, 0.25) is 5.91 Å². The number of nitrogens with two attached hydrogens (primary N) is 1. The average molecular weight is 294 g/mol. The van der Waals surface area contributed by atoms with Crippen LogP contribution in [0.15, 0.2) is 24.3 Å². The molecule has 0 radical (unpaired) electrons. The van der Waals surface area contributed by atoms with Gasteiger partial charge in [0, 0.05) is 20.2 Å². The fourth-order valence-corrected chi connectivity index (χ4v) is 2.14. The lowest BCUT2D eigenvalue weighted by atomic mass is 10.0. The predicted molar refractivity (Wildman–Crippen MR) is 83.1 cm³/mol. The zero-order chi connectivity index (χ0) is 15.8. The maximum absolute atomic E-state index is 12.5. The van der Waals surface area contributed by atoms with Crippen molar-refractivity contribution < 1.29 is 14.6 Å². The number of nitrogens with zero attached hydrogens (tertiary/aromatic N) is 1. The maximum atomic E-state index is 12.5. The van der Waals surface area contributed by atoms with Crippen LogP contribution in [0.3, 0.4) is 0 Å². The third kappa shape index (κ3) is 6.14. The number of carbonyl (C=O) groups is 1. The lowest BCUT2D eigenvalue weighted by Crippen LogP contribution is -2.47. The van der Waals surface area contributed by atoms with Gasteiger partial charge in [-0.05, 0) is 30.0 Å². The zero-order valence-corrected chi connectivity index (χ0v) is 13.1. The van der Waals surface area contributed by atoms with Gasteiger partial charge in [0.25, 0.3) is 0 Å². The Bertz CT molecular complexity index is 432. The number of methoxy groups -OCH3 is 1. The molecule has 0 saturated heterocycles. The summed E-state index contributed by atoms with van der Waals surface area (Å²) in [6.07, 6.45) is 0.459. The van der Waals surface area contributed by atoms with Crippen LogP contribution in [0.4, 0.5) is 0 Å². The van der Waals surface area contributed by atoms with Gasteiger partial charge in [-0.25, -0.2) is 0 Å². The first kappa shape index (κ1) is 17.5. The Morgan fingerprint density at radius 3 is 2.48 bits per heavy atom. The quantitative estimate of drug-likeness (QED) is 0.760. The largest absolute Gasteiger partial charge is 0.508 e. The lowest BCUT2D eigenvalue weighted by molar-refractivity contribution is -0.133. The van der Waals surface area contributed by atoms with Crippen LogP contribution in [-0.4, -0.2) is 48.8 Å². The molecule has 0 aliphatic heterocycles. The van der Waals surface area contributed by atoms with E-state index in [1.54, 1.807) is 36.3 Å². The van der Waals surface area contributed by atoms with Crippen LogP contribution in [0.5, 0.6) is 5.75 Å². The fraction of sp³-hybridized carbons (Fsp3) is 0.562. The number of hydrogen-bond donors (Lipinski definition) is 2. The van der Waals surface area contributed by atoms with Gasteiger partial charge in [-0.15, -0.1) is 0 Å². The summed E-state index contributed by atoms with van der Waals surface area (Å²) >= 11 is 0. The third-order valence-electron chi connectivity index (χ3n) is 3.17. The van der Waals surface area contributed by atoms with Crippen LogP contribution in [-0.2, 0) is 16.0 Å². The second kappa shape index (κ2) is 8.64. The number of phenols is 1. The molecule has 21 heavy (non-hydrogen) atoms. The first-order chi connectivity index (χ1) is 9.93. The molecule has 1 rings (SSSR count). The summed E-state index contributed by atoms with van der Waals surface area (Å²) in [7, 11) is 1.62. The maximum Gasteiger partial charge on any atom is 0.239 e. The van der Waals surface area contributed by atoms with E-state index in [0.717, 1.165) is 5.56 Å². The van der Waals surface area contributed by atoms with Crippen molar-refractivity contribution in [3.8, 4) is 5.75 Å². The van der Waals surface area contributed by atoms with Crippen LogP contribution in [0, 0.1) is 5.92 Å². The molecule has 0 saturated carbocycles. The first-order valence-electron chi connectivity index (χ1n) is 7.25. The minimum Gasteiger partial charge on any atom is -0.508 e. The first-order valence-corrected chi connectivity index (χ1v) is 7.25. The summed E-state index contributed by atoms with van der Waals surface area (Å²) in [4.78, 5) is 14.2. The molecule has 1 aromatic rings. The van der Waals surface area contributed by atoms with E-state index in [4.69, 9.17) is 10.5 Å². The SMILES string of the molecule is COCCN(CC(C)C)C(=O)C(N)Cc1ccc(O)cc1. The number of ether oxygens (including phenoxy) is 1. The predicted octanol–water partition coefficient (Wildman–Crippen LogP) is 1.39. The van der Waals surface area contributed by atoms with Gasteiger partial charge in [0.15, 0.2) is 0 Å². The van der Waals surface area contributed by atoms with Gasteiger partial charge < -0.3 is 20.5 Å². The van der Waals surface area contributed by atoms with E-state index in [-0.39, 0.29) is 11.7 Å². The van der Waals surface area contributed by atoms with Crippen molar-refractivity contribution >= 4 is 5.91 Å². The second-order valence-electron chi connectivity index (χ2n) is 5.65. The highest BCUT2D eigenvalue weighted by atomic mass is 16.5. The van der Waals surface area contributed by atoms with Crippen molar-refractivity contribution in [3.63, 3.8) is 0 Å². The van der Waals surface area contributed by atoms with Gasteiger partial charge in [-0.3, -0.25) is 4.79 Å². The zero-order valence-electron chi connectivity index (χ0n) is 13.1. The Hall–Kier alpha value is -1.59. The summed E-state index contributed by atoms with van der Waals surface area (Å²) in [5.74, 6) is 0.528.